The molecular formula is C9H7ClN2O2. The summed E-state index contributed by atoms with van der Waals surface area (Å²) in [6, 6.07) is 6.41. The minimum Gasteiger partial charge on any atom is -0.258 e. The third kappa shape index (κ3) is 2.44. The van der Waals surface area contributed by atoms with Gasteiger partial charge in [-0.2, -0.15) is 5.26 Å². The van der Waals surface area contributed by atoms with Gasteiger partial charge in [0.2, 0.25) is 0 Å². The molecule has 0 N–H and O–H groups in total. The van der Waals surface area contributed by atoms with Gasteiger partial charge in [-0.1, -0.05) is 17.7 Å². The summed E-state index contributed by atoms with van der Waals surface area (Å²) in [7, 11) is 0. The van der Waals surface area contributed by atoms with Crippen LogP contribution in [-0.4, -0.2) is 4.92 Å². The molecule has 1 rings (SSSR count). The molecule has 5 heteroatoms. The maximum absolute atomic E-state index is 10.6. The maximum Gasteiger partial charge on any atom is 0.274 e. The van der Waals surface area contributed by atoms with Crippen molar-refractivity contribution in [2.45, 2.75) is 12.8 Å². The predicted octanol–water partition coefficient (Wildman–Crippen LogP) is 2.70. The van der Waals surface area contributed by atoms with Crippen molar-refractivity contribution in [3.8, 4) is 6.07 Å². The maximum atomic E-state index is 10.6. The van der Waals surface area contributed by atoms with Crippen molar-refractivity contribution < 1.29 is 4.92 Å². The molecule has 0 aliphatic rings. The molecule has 0 amide bonds. The summed E-state index contributed by atoms with van der Waals surface area (Å²) in [6.07, 6.45) is 0.645. The van der Waals surface area contributed by atoms with Crippen molar-refractivity contribution in [2.24, 2.45) is 0 Å². The van der Waals surface area contributed by atoms with Gasteiger partial charge in [0.1, 0.15) is 0 Å². The molecule has 72 valence electrons. The van der Waals surface area contributed by atoms with Crippen LogP contribution in [0.1, 0.15) is 12.0 Å². The number of nitro benzene ring substituents is 1. The summed E-state index contributed by atoms with van der Waals surface area (Å²) in [6.45, 7) is 0. The molecule has 0 unspecified atom stereocenters. The smallest absolute Gasteiger partial charge is 0.258 e. The summed E-state index contributed by atoms with van der Waals surface area (Å²) in [5.41, 5.74) is 0.522. The van der Waals surface area contributed by atoms with Gasteiger partial charge in [-0.3, -0.25) is 10.1 Å². The largest absolute Gasteiger partial charge is 0.274 e. The molecule has 1 aromatic carbocycles. The fourth-order valence-corrected chi connectivity index (χ4v) is 1.28. The molecule has 14 heavy (non-hydrogen) atoms. The molecule has 0 spiro atoms. The van der Waals surface area contributed by atoms with Crippen LogP contribution in [0, 0.1) is 21.4 Å². The first kappa shape index (κ1) is 10.5. The highest BCUT2D eigenvalue weighted by molar-refractivity contribution is 6.30. The zero-order chi connectivity index (χ0) is 10.6. The van der Waals surface area contributed by atoms with E-state index in [9.17, 15) is 10.1 Å². The highest BCUT2D eigenvalue weighted by Gasteiger charge is 2.13. The van der Waals surface area contributed by atoms with E-state index >= 15 is 0 Å². The van der Waals surface area contributed by atoms with Crippen LogP contribution in [0.2, 0.25) is 5.02 Å². The second-order valence-corrected chi connectivity index (χ2v) is 3.12. The second-order valence-electron chi connectivity index (χ2n) is 2.69. The molecule has 4 nitrogen and oxygen atoms in total. The van der Waals surface area contributed by atoms with Gasteiger partial charge in [0.15, 0.2) is 0 Å². The fourth-order valence-electron chi connectivity index (χ4n) is 1.11. The zero-order valence-electron chi connectivity index (χ0n) is 7.24. The van der Waals surface area contributed by atoms with E-state index in [1.54, 1.807) is 12.1 Å². The lowest BCUT2D eigenvalue weighted by Crippen LogP contribution is -1.95. The molecule has 0 bridgehead atoms. The van der Waals surface area contributed by atoms with Gasteiger partial charge in [-0.15, -0.1) is 0 Å². The van der Waals surface area contributed by atoms with Crippen LogP contribution in [0.4, 0.5) is 5.69 Å². The molecule has 0 atom stereocenters. The number of benzene rings is 1. The Morgan fingerprint density at radius 1 is 1.57 bits per heavy atom. The Morgan fingerprint density at radius 2 is 2.29 bits per heavy atom. The fraction of sp³-hybridized carbons (Fsp3) is 0.222. The van der Waals surface area contributed by atoms with E-state index in [2.05, 4.69) is 0 Å². The van der Waals surface area contributed by atoms with E-state index in [-0.39, 0.29) is 12.1 Å². The van der Waals surface area contributed by atoms with Crippen molar-refractivity contribution in [3.05, 3.63) is 38.9 Å². The molecule has 0 saturated heterocycles. The van der Waals surface area contributed by atoms with Crippen LogP contribution in [0.5, 0.6) is 0 Å². The number of nitrogens with zero attached hydrogens (tertiary/aromatic N) is 2. The molecule has 1 aromatic rings. The monoisotopic (exact) mass is 210 g/mol. The third-order valence-corrected chi connectivity index (χ3v) is 1.99. The first-order valence-corrected chi connectivity index (χ1v) is 4.32. The highest BCUT2D eigenvalue weighted by Crippen LogP contribution is 2.23. The summed E-state index contributed by atoms with van der Waals surface area (Å²) in [5, 5.41) is 19.3. The lowest BCUT2D eigenvalue weighted by Gasteiger charge is -2.00. The van der Waals surface area contributed by atoms with Gasteiger partial charge in [0.25, 0.3) is 5.69 Å². The molecule has 0 fully saturated rings. The number of hydrogen-bond donors (Lipinski definition) is 0. The number of rotatable bonds is 3. The second kappa shape index (κ2) is 4.58. The first-order valence-electron chi connectivity index (χ1n) is 3.95. The molecular weight excluding hydrogens is 204 g/mol. The van der Waals surface area contributed by atoms with Gasteiger partial charge in [-0.05, 0) is 12.5 Å². The molecule has 0 aromatic heterocycles. The molecule has 0 heterocycles. The van der Waals surface area contributed by atoms with Gasteiger partial charge in [-0.25, -0.2) is 0 Å². The van der Waals surface area contributed by atoms with Gasteiger partial charge in [0, 0.05) is 23.1 Å². The molecule has 0 radical (unpaired) electrons. The van der Waals surface area contributed by atoms with Gasteiger partial charge in [0.05, 0.1) is 11.0 Å². The highest BCUT2D eigenvalue weighted by atomic mass is 35.5. The van der Waals surface area contributed by atoms with E-state index in [0.717, 1.165) is 0 Å². The third-order valence-electron chi connectivity index (χ3n) is 1.75. The van der Waals surface area contributed by atoms with Crippen LogP contribution in [0.3, 0.4) is 0 Å². The number of hydrogen-bond acceptors (Lipinski definition) is 3. The van der Waals surface area contributed by atoms with Crippen LogP contribution in [0.15, 0.2) is 18.2 Å². The zero-order valence-corrected chi connectivity index (χ0v) is 7.99. The van der Waals surface area contributed by atoms with E-state index in [0.29, 0.717) is 17.0 Å². The molecule has 0 aliphatic carbocycles. The Morgan fingerprint density at radius 3 is 2.86 bits per heavy atom. The standard InChI is InChI=1S/C9H7ClN2O2/c10-8-4-3-7(2-1-5-11)9(6-8)12(13)14/h3-4,6H,1-2H2. The predicted molar refractivity (Wildman–Crippen MR) is 52.0 cm³/mol. The summed E-state index contributed by atoms with van der Waals surface area (Å²) in [4.78, 5) is 10.1. The minimum atomic E-state index is -0.488. The van der Waals surface area contributed by atoms with E-state index in [4.69, 9.17) is 16.9 Å². The summed E-state index contributed by atoms with van der Waals surface area (Å²) < 4.78 is 0. The summed E-state index contributed by atoms with van der Waals surface area (Å²) >= 11 is 5.63. The quantitative estimate of drug-likeness (QED) is 0.569. The Hall–Kier alpha value is -1.60. The van der Waals surface area contributed by atoms with E-state index < -0.39 is 4.92 Å². The lowest BCUT2D eigenvalue weighted by atomic mass is 10.1. The first-order chi connectivity index (χ1) is 6.65. The summed E-state index contributed by atoms with van der Waals surface area (Å²) in [5.74, 6) is 0. The van der Waals surface area contributed by atoms with Crippen molar-refractivity contribution in [3.63, 3.8) is 0 Å². The SMILES string of the molecule is N#CCCc1ccc(Cl)cc1[N+](=O)[O-]. The number of nitriles is 1. The Kier molecular flexibility index (Phi) is 3.43. The van der Waals surface area contributed by atoms with Gasteiger partial charge < -0.3 is 0 Å². The number of aryl methyl sites for hydroxylation is 1. The van der Waals surface area contributed by atoms with Gasteiger partial charge >= 0.3 is 0 Å². The van der Waals surface area contributed by atoms with Crippen LogP contribution < -0.4 is 0 Å². The average Bonchev–Trinajstić information content (AvgIpc) is 2.15. The average molecular weight is 211 g/mol. The van der Waals surface area contributed by atoms with Crippen LogP contribution in [-0.2, 0) is 6.42 Å². The van der Waals surface area contributed by atoms with Crippen molar-refractivity contribution in [1.29, 1.82) is 5.26 Å². The van der Waals surface area contributed by atoms with Crippen molar-refractivity contribution in [1.82, 2.24) is 0 Å². The number of nitro groups is 1. The molecule has 0 saturated carbocycles. The Balaban J connectivity index is 3.03. The van der Waals surface area contributed by atoms with Crippen LogP contribution in [0.25, 0.3) is 0 Å². The Labute approximate surface area is 85.9 Å². The van der Waals surface area contributed by atoms with E-state index in [1.807, 2.05) is 6.07 Å². The van der Waals surface area contributed by atoms with E-state index in [1.165, 1.54) is 6.07 Å². The molecule has 0 aliphatic heterocycles. The normalized spacial score (nSPS) is 9.43. The van der Waals surface area contributed by atoms with Crippen LogP contribution >= 0.6 is 11.6 Å². The van der Waals surface area contributed by atoms with Crippen molar-refractivity contribution in [2.75, 3.05) is 0 Å². The minimum absolute atomic E-state index is 0.0206. The number of halogens is 1. The Bertz CT molecular complexity index is 398. The lowest BCUT2D eigenvalue weighted by molar-refractivity contribution is -0.385. The van der Waals surface area contributed by atoms with Crippen molar-refractivity contribution >= 4 is 17.3 Å². The topological polar surface area (TPSA) is 66.9 Å².